The van der Waals surface area contributed by atoms with Gasteiger partial charge in [0.1, 0.15) is 0 Å². The van der Waals surface area contributed by atoms with Crippen LogP contribution in [0.3, 0.4) is 0 Å². The van der Waals surface area contributed by atoms with Gasteiger partial charge in [0.2, 0.25) is 0 Å². The zero-order valence-corrected chi connectivity index (χ0v) is 7.91. The summed E-state index contributed by atoms with van der Waals surface area (Å²) in [5, 5.41) is 2.66. The predicted octanol–water partition coefficient (Wildman–Crippen LogP) is 2.76. The van der Waals surface area contributed by atoms with Crippen molar-refractivity contribution in [2.24, 2.45) is 0 Å². The lowest BCUT2D eigenvalue weighted by Gasteiger charge is -2.04. The number of rotatable bonds is 2. The van der Waals surface area contributed by atoms with Crippen molar-refractivity contribution < 1.29 is 4.79 Å². The van der Waals surface area contributed by atoms with Gasteiger partial charge in [-0.2, -0.15) is 0 Å². The van der Waals surface area contributed by atoms with E-state index in [1.54, 1.807) is 25.2 Å². The molecule has 0 amide bonds. The average Bonchev–Trinajstić information content (AvgIpc) is 2.04. The summed E-state index contributed by atoms with van der Waals surface area (Å²) in [4.78, 5) is 10.8. The summed E-state index contributed by atoms with van der Waals surface area (Å²) in [6, 6.07) is 5.07. The van der Waals surface area contributed by atoms with Crippen LogP contribution in [0, 0.1) is 0 Å². The van der Waals surface area contributed by atoms with Crippen molar-refractivity contribution in [2.75, 3.05) is 12.4 Å². The van der Waals surface area contributed by atoms with Gasteiger partial charge in [0, 0.05) is 7.05 Å². The fraction of sp³-hybridized carbons (Fsp3) is 0.125. The molecule has 1 rings (SSSR count). The second-order valence-electron chi connectivity index (χ2n) is 2.19. The minimum Gasteiger partial charge on any atom is -0.387 e. The molecule has 0 fully saturated rings. The smallest absolute Gasteiger partial charge is 0.253 e. The molecule has 1 aromatic carbocycles. The highest BCUT2D eigenvalue weighted by Gasteiger charge is 2.09. The first-order valence-electron chi connectivity index (χ1n) is 3.33. The second-order valence-corrected chi connectivity index (χ2v) is 2.91. The van der Waals surface area contributed by atoms with Crippen LogP contribution in [-0.2, 0) is 0 Å². The number of carbonyl (C=O) groups excluding carboxylic acids is 1. The third kappa shape index (κ3) is 1.71. The van der Waals surface area contributed by atoms with E-state index in [0.717, 1.165) is 0 Å². The van der Waals surface area contributed by atoms with Crippen molar-refractivity contribution in [1.29, 1.82) is 0 Å². The van der Waals surface area contributed by atoms with Gasteiger partial charge in [0.25, 0.3) is 5.24 Å². The zero-order valence-electron chi connectivity index (χ0n) is 6.40. The van der Waals surface area contributed by atoms with Gasteiger partial charge < -0.3 is 5.32 Å². The quantitative estimate of drug-likeness (QED) is 0.750. The molecule has 0 heterocycles. The molecule has 0 radical (unpaired) electrons. The Kier molecular flexibility index (Phi) is 2.95. The maximum atomic E-state index is 10.8. The number of halogens is 2. The van der Waals surface area contributed by atoms with Gasteiger partial charge in [0.05, 0.1) is 16.3 Å². The lowest BCUT2D eigenvalue weighted by Crippen LogP contribution is -1.95. The molecule has 2 nitrogen and oxygen atoms in total. The minimum absolute atomic E-state index is 0.324. The van der Waals surface area contributed by atoms with E-state index < -0.39 is 5.24 Å². The van der Waals surface area contributed by atoms with Gasteiger partial charge in [-0.1, -0.05) is 17.7 Å². The van der Waals surface area contributed by atoms with Crippen LogP contribution in [0.5, 0.6) is 0 Å². The van der Waals surface area contributed by atoms with Crippen molar-refractivity contribution >= 4 is 34.1 Å². The summed E-state index contributed by atoms with van der Waals surface area (Å²) in [5.74, 6) is 0. The number of benzene rings is 1. The number of hydrogen-bond acceptors (Lipinski definition) is 2. The minimum atomic E-state index is -0.544. The lowest BCUT2D eigenvalue weighted by molar-refractivity contribution is 0.108. The van der Waals surface area contributed by atoms with Crippen LogP contribution in [0.2, 0.25) is 5.02 Å². The Hall–Kier alpha value is -0.730. The fourth-order valence-electron chi connectivity index (χ4n) is 0.877. The molecule has 1 N–H and O–H groups in total. The van der Waals surface area contributed by atoms with Gasteiger partial charge in [-0.15, -0.1) is 0 Å². The first-order valence-corrected chi connectivity index (χ1v) is 4.08. The van der Waals surface area contributed by atoms with Crippen LogP contribution < -0.4 is 5.32 Å². The molecule has 4 heteroatoms. The van der Waals surface area contributed by atoms with E-state index in [2.05, 4.69) is 5.32 Å². The maximum absolute atomic E-state index is 10.8. The molecule has 0 aliphatic heterocycles. The van der Waals surface area contributed by atoms with Gasteiger partial charge in [-0.3, -0.25) is 4.79 Å². The standard InChI is InChI=1S/C8H7Cl2NO/c1-11-6-4-2-3-5(7(6)9)8(10)12/h2-4,11H,1H3. The number of nitrogens with one attached hydrogen (secondary N) is 1. The molecule has 0 unspecified atom stereocenters. The van der Waals surface area contributed by atoms with Crippen molar-refractivity contribution in [3.63, 3.8) is 0 Å². The van der Waals surface area contributed by atoms with Crippen LogP contribution in [0.15, 0.2) is 18.2 Å². The van der Waals surface area contributed by atoms with E-state index in [-0.39, 0.29) is 0 Å². The van der Waals surface area contributed by atoms with Gasteiger partial charge >= 0.3 is 0 Å². The topological polar surface area (TPSA) is 29.1 Å². The summed E-state index contributed by atoms with van der Waals surface area (Å²) >= 11 is 11.1. The highest BCUT2D eigenvalue weighted by molar-refractivity contribution is 6.69. The van der Waals surface area contributed by atoms with Crippen molar-refractivity contribution in [3.8, 4) is 0 Å². The summed E-state index contributed by atoms with van der Waals surface area (Å²) in [7, 11) is 1.73. The fourth-order valence-corrected chi connectivity index (χ4v) is 1.39. The van der Waals surface area contributed by atoms with Crippen LogP contribution in [-0.4, -0.2) is 12.3 Å². The molecular weight excluding hydrogens is 197 g/mol. The Morgan fingerprint density at radius 1 is 1.50 bits per heavy atom. The van der Waals surface area contributed by atoms with Crippen molar-refractivity contribution in [2.45, 2.75) is 0 Å². The third-order valence-corrected chi connectivity index (χ3v) is 2.09. The molecule has 0 atom stereocenters. The Morgan fingerprint density at radius 2 is 2.17 bits per heavy atom. The van der Waals surface area contributed by atoms with Gasteiger partial charge in [-0.05, 0) is 23.7 Å². The normalized spacial score (nSPS) is 9.58. The highest BCUT2D eigenvalue weighted by Crippen LogP contribution is 2.26. The second kappa shape index (κ2) is 3.78. The Morgan fingerprint density at radius 3 is 2.67 bits per heavy atom. The SMILES string of the molecule is CNc1cccc(C(=O)Cl)c1Cl. The van der Waals surface area contributed by atoms with Gasteiger partial charge in [0.15, 0.2) is 0 Å². The van der Waals surface area contributed by atoms with Crippen molar-refractivity contribution in [1.82, 2.24) is 0 Å². The van der Waals surface area contributed by atoms with Crippen LogP contribution in [0.1, 0.15) is 10.4 Å². The first kappa shape index (κ1) is 9.36. The number of carbonyl (C=O) groups is 1. The molecule has 12 heavy (non-hydrogen) atoms. The molecule has 0 saturated carbocycles. The molecule has 64 valence electrons. The maximum Gasteiger partial charge on any atom is 0.253 e. The van der Waals surface area contributed by atoms with E-state index in [4.69, 9.17) is 23.2 Å². The number of anilines is 1. The highest BCUT2D eigenvalue weighted by atomic mass is 35.5. The molecule has 0 bridgehead atoms. The summed E-state index contributed by atoms with van der Waals surface area (Å²) in [5.41, 5.74) is 1.02. The molecule has 0 spiro atoms. The molecular formula is C8H7Cl2NO. The van der Waals surface area contributed by atoms with Crippen molar-refractivity contribution in [3.05, 3.63) is 28.8 Å². The molecule has 0 aliphatic carbocycles. The van der Waals surface area contributed by atoms with Crippen LogP contribution in [0.4, 0.5) is 5.69 Å². The molecule has 0 saturated heterocycles. The van der Waals surface area contributed by atoms with Gasteiger partial charge in [-0.25, -0.2) is 0 Å². The largest absolute Gasteiger partial charge is 0.387 e. The van der Waals surface area contributed by atoms with E-state index in [1.807, 2.05) is 0 Å². The van der Waals surface area contributed by atoms with E-state index in [1.165, 1.54) is 0 Å². The summed E-state index contributed by atoms with van der Waals surface area (Å²) in [6.07, 6.45) is 0. The monoisotopic (exact) mass is 203 g/mol. The average molecular weight is 204 g/mol. The lowest BCUT2D eigenvalue weighted by atomic mass is 10.2. The number of hydrogen-bond donors (Lipinski definition) is 1. The molecule has 1 aromatic rings. The Balaban J connectivity index is 3.23. The third-order valence-electron chi connectivity index (χ3n) is 1.48. The van der Waals surface area contributed by atoms with Crippen LogP contribution >= 0.6 is 23.2 Å². The Bertz CT molecular complexity index is 312. The Labute approximate surface area is 80.5 Å². The first-order chi connectivity index (χ1) is 5.66. The van der Waals surface area contributed by atoms with E-state index >= 15 is 0 Å². The van der Waals surface area contributed by atoms with Crippen LogP contribution in [0.25, 0.3) is 0 Å². The molecule has 0 aromatic heterocycles. The zero-order chi connectivity index (χ0) is 9.14. The predicted molar refractivity (Wildman–Crippen MR) is 51.2 cm³/mol. The summed E-state index contributed by atoms with van der Waals surface area (Å²) < 4.78 is 0. The summed E-state index contributed by atoms with van der Waals surface area (Å²) in [6.45, 7) is 0. The van der Waals surface area contributed by atoms with E-state index in [0.29, 0.717) is 16.3 Å². The molecule has 0 aliphatic rings. The van der Waals surface area contributed by atoms with E-state index in [9.17, 15) is 4.79 Å².